The number of phenolic OH excluding ortho intramolecular Hbond substituents is 1. The summed E-state index contributed by atoms with van der Waals surface area (Å²) in [6.07, 6.45) is 2.32. The maximum Gasteiger partial charge on any atom is 0.121 e. The minimum Gasteiger partial charge on any atom is -0.507 e. The number of unbranched alkanes of at least 4 members (excludes halogenated alkanes) is 1. The van der Waals surface area contributed by atoms with Gasteiger partial charge in [0.05, 0.1) is 6.61 Å². The Morgan fingerprint density at radius 2 is 1.83 bits per heavy atom. The van der Waals surface area contributed by atoms with Gasteiger partial charge >= 0.3 is 0 Å². The van der Waals surface area contributed by atoms with Crippen molar-refractivity contribution in [2.45, 2.75) is 40.2 Å². The van der Waals surface area contributed by atoms with E-state index in [1.54, 1.807) is 0 Å². The molecular formula is C15H25NO2. The lowest BCUT2D eigenvalue weighted by Crippen LogP contribution is -2.19. The number of benzene rings is 1. The molecule has 0 unspecified atom stereocenters. The van der Waals surface area contributed by atoms with Gasteiger partial charge in [0.25, 0.3) is 0 Å². The summed E-state index contributed by atoms with van der Waals surface area (Å²) in [7, 11) is 0. The van der Waals surface area contributed by atoms with E-state index in [0.717, 1.165) is 43.9 Å². The molecule has 0 saturated heterocycles. The molecule has 1 rings (SSSR count). The standard InChI is InChI=1S/C15H25NO2/c1-4-5-7-18-8-6-16-11-14-9-12(2)15(17)13(3)10-14/h9-10,16-17H,4-8,11H2,1-3H3. The van der Waals surface area contributed by atoms with Gasteiger partial charge in [-0.05, 0) is 37.0 Å². The summed E-state index contributed by atoms with van der Waals surface area (Å²) in [6, 6.07) is 4.04. The van der Waals surface area contributed by atoms with Crippen LogP contribution in [0.3, 0.4) is 0 Å². The van der Waals surface area contributed by atoms with Gasteiger partial charge < -0.3 is 15.2 Å². The molecule has 3 heteroatoms. The summed E-state index contributed by atoms with van der Waals surface area (Å²) in [6.45, 7) is 9.32. The van der Waals surface area contributed by atoms with Gasteiger partial charge in [-0.25, -0.2) is 0 Å². The number of nitrogens with one attached hydrogen (secondary N) is 1. The first-order valence-corrected chi connectivity index (χ1v) is 6.72. The molecule has 0 atom stereocenters. The van der Waals surface area contributed by atoms with Crippen LogP contribution >= 0.6 is 0 Å². The SMILES string of the molecule is CCCCOCCNCc1cc(C)c(O)c(C)c1. The van der Waals surface area contributed by atoms with Crippen LogP contribution in [0.2, 0.25) is 0 Å². The summed E-state index contributed by atoms with van der Waals surface area (Å²) < 4.78 is 5.48. The van der Waals surface area contributed by atoms with Gasteiger partial charge in [-0.3, -0.25) is 0 Å². The number of aromatic hydroxyl groups is 1. The Bertz CT molecular complexity index is 341. The first kappa shape index (κ1) is 15.0. The molecule has 0 saturated carbocycles. The van der Waals surface area contributed by atoms with E-state index in [-0.39, 0.29) is 0 Å². The third kappa shape index (κ3) is 5.07. The quantitative estimate of drug-likeness (QED) is 0.698. The first-order valence-electron chi connectivity index (χ1n) is 6.72. The minimum absolute atomic E-state index is 0.404. The van der Waals surface area contributed by atoms with Gasteiger partial charge in [-0.2, -0.15) is 0 Å². The summed E-state index contributed by atoms with van der Waals surface area (Å²) in [5.74, 6) is 0.404. The van der Waals surface area contributed by atoms with E-state index in [4.69, 9.17) is 4.74 Å². The van der Waals surface area contributed by atoms with E-state index < -0.39 is 0 Å². The molecular weight excluding hydrogens is 226 g/mol. The molecule has 0 aliphatic heterocycles. The van der Waals surface area contributed by atoms with Gasteiger partial charge in [0, 0.05) is 19.7 Å². The van der Waals surface area contributed by atoms with Crippen molar-refractivity contribution in [2.75, 3.05) is 19.8 Å². The molecule has 0 aliphatic rings. The second kappa shape index (κ2) is 8.11. The molecule has 1 aromatic carbocycles. The largest absolute Gasteiger partial charge is 0.507 e. The van der Waals surface area contributed by atoms with Gasteiger partial charge in [0.2, 0.25) is 0 Å². The number of aryl methyl sites for hydroxylation is 2. The van der Waals surface area contributed by atoms with Crippen molar-refractivity contribution in [2.24, 2.45) is 0 Å². The van der Waals surface area contributed by atoms with Crippen molar-refractivity contribution < 1.29 is 9.84 Å². The first-order chi connectivity index (χ1) is 8.65. The Balaban J connectivity index is 2.23. The fraction of sp³-hybridized carbons (Fsp3) is 0.600. The average Bonchev–Trinajstić information content (AvgIpc) is 2.34. The Morgan fingerprint density at radius 3 is 2.44 bits per heavy atom. The van der Waals surface area contributed by atoms with E-state index in [1.807, 2.05) is 26.0 Å². The number of phenols is 1. The fourth-order valence-corrected chi connectivity index (χ4v) is 1.87. The number of rotatable bonds is 8. The number of hydrogen-bond acceptors (Lipinski definition) is 3. The topological polar surface area (TPSA) is 41.5 Å². The Morgan fingerprint density at radius 1 is 1.17 bits per heavy atom. The van der Waals surface area contributed by atoms with E-state index in [0.29, 0.717) is 5.75 Å². The van der Waals surface area contributed by atoms with Crippen molar-refractivity contribution in [3.63, 3.8) is 0 Å². The molecule has 0 heterocycles. The maximum absolute atomic E-state index is 9.68. The van der Waals surface area contributed by atoms with Crippen LogP contribution in [-0.2, 0) is 11.3 Å². The molecule has 18 heavy (non-hydrogen) atoms. The summed E-state index contributed by atoms with van der Waals surface area (Å²) in [5.41, 5.74) is 3.08. The van der Waals surface area contributed by atoms with Gasteiger partial charge in [-0.15, -0.1) is 0 Å². The molecule has 0 amide bonds. The van der Waals surface area contributed by atoms with Crippen LogP contribution in [0.4, 0.5) is 0 Å². The predicted octanol–water partition coefficient (Wildman–Crippen LogP) is 2.92. The van der Waals surface area contributed by atoms with Crippen LogP contribution < -0.4 is 5.32 Å². The van der Waals surface area contributed by atoms with Crippen molar-refractivity contribution in [3.8, 4) is 5.75 Å². The molecule has 0 aliphatic carbocycles. The Kier molecular flexibility index (Phi) is 6.76. The lowest BCUT2D eigenvalue weighted by atomic mass is 10.1. The molecule has 0 spiro atoms. The molecule has 102 valence electrons. The molecule has 0 bridgehead atoms. The molecule has 0 aromatic heterocycles. The van der Waals surface area contributed by atoms with Crippen molar-refractivity contribution in [1.29, 1.82) is 0 Å². The predicted molar refractivity (Wildman–Crippen MR) is 75.0 cm³/mol. The van der Waals surface area contributed by atoms with E-state index in [1.165, 1.54) is 12.0 Å². The summed E-state index contributed by atoms with van der Waals surface area (Å²) in [5, 5.41) is 13.0. The zero-order chi connectivity index (χ0) is 13.4. The minimum atomic E-state index is 0.404. The normalized spacial score (nSPS) is 10.8. The van der Waals surface area contributed by atoms with E-state index >= 15 is 0 Å². The second-order valence-electron chi connectivity index (χ2n) is 4.72. The highest BCUT2D eigenvalue weighted by atomic mass is 16.5. The van der Waals surface area contributed by atoms with E-state index in [2.05, 4.69) is 12.2 Å². The van der Waals surface area contributed by atoms with Crippen LogP contribution in [0.15, 0.2) is 12.1 Å². The third-order valence-electron chi connectivity index (χ3n) is 2.95. The third-order valence-corrected chi connectivity index (χ3v) is 2.95. The van der Waals surface area contributed by atoms with Gasteiger partial charge in [-0.1, -0.05) is 25.5 Å². The summed E-state index contributed by atoms with van der Waals surface area (Å²) in [4.78, 5) is 0. The smallest absolute Gasteiger partial charge is 0.121 e. The van der Waals surface area contributed by atoms with Crippen LogP contribution in [0.5, 0.6) is 5.75 Å². The van der Waals surface area contributed by atoms with Crippen LogP contribution in [0, 0.1) is 13.8 Å². The monoisotopic (exact) mass is 251 g/mol. The second-order valence-corrected chi connectivity index (χ2v) is 4.72. The van der Waals surface area contributed by atoms with Crippen LogP contribution in [0.1, 0.15) is 36.5 Å². The van der Waals surface area contributed by atoms with Gasteiger partial charge in [0.15, 0.2) is 0 Å². The number of ether oxygens (including phenoxy) is 1. The van der Waals surface area contributed by atoms with Crippen molar-refractivity contribution >= 4 is 0 Å². The molecule has 1 aromatic rings. The Labute approximate surface area is 110 Å². The summed E-state index contributed by atoms with van der Waals surface area (Å²) >= 11 is 0. The van der Waals surface area contributed by atoms with Crippen LogP contribution in [-0.4, -0.2) is 24.9 Å². The van der Waals surface area contributed by atoms with Crippen LogP contribution in [0.25, 0.3) is 0 Å². The molecule has 0 fully saturated rings. The molecule has 2 N–H and O–H groups in total. The van der Waals surface area contributed by atoms with Crippen molar-refractivity contribution in [1.82, 2.24) is 5.32 Å². The maximum atomic E-state index is 9.68. The highest BCUT2D eigenvalue weighted by Crippen LogP contribution is 2.22. The molecule has 0 radical (unpaired) electrons. The number of hydrogen-bond donors (Lipinski definition) is 2. The highest BCUT2D eigenvalue weighted by Gasteiger charge is 2.02. The molecule has 3 nitrogen and oxygen atoms in total. The van der Waals surface area contributed by atoms with Crippen molar-refractivity contribution in [3.05, 3.63) is 28.8 Å². The zero-order valence-electron chi connectivity index (χ0n) is 11.8. The fourth-order valence-electron chi connectivity index (χ4n) is 1.87. The zero-order valence-corrected chi connectivity index (χ0v) is 11.8. The highest BCUT2D eigenvalue weighted by molar-refractivity contribution is 5.42. The lowest BCUT2D eigenvalue weighted by molar-refractivity contribution is 0.133. The Hall–Kier alpha value is -1.06. The van der Waals surface area contributed by atoms with Gasteiger partial charge in [0.1, 0.15) is 5.75 Å². The average molecular weight is 251 g/mol. The van der Waals surface area contributed by atoms with E-state index in [9.17, 15) is 5.11 Å². The lowest BCUT2D eigenvalue weighted by Gasteiger charge is -2.09.